The molecule has 1 aliphatic rings. The average molecular weight is 249 g/mol. The van der Waals surface area contributed by atoms with E-state index in [2.05, 4.69) is 14.3 Å². The van der Waals surface area contributed by atoms with E-state index in [0.29, 0.717) is 0 Å². The van der Waals surface area contributed by atoms with E-state index in [0.717, 1.165) is 24.0 Å². The van der Waals surface area contributed by atoms with Crippen LogP contribution in [-0.2, 0) is 0 Å². The van der Waals surface area contributed by atoms with Gasteiger partial charge in [-0.05, 0) is 37.7 Å². The summed E-state index contributed by atoms with van der Waals surface area (Å²) in [4.78, 5) is 6.70. The molecule has 1 aromatic heterocycles. The summed E-state index contributed by atoms with van der Waals surface area (Å²) >= 11 is 1.42. The molecule has 6 heteroatoms. The summed E-state index contributed by atoms with van der Waals surface area (Å²) in [6, 6.07) is 0.00559. The van der Waals surface area contributed by atoms with Crippen molar-refractivity contribution < 1.29 is 0 Å². The first kappa shape index (κ1) is 12.7. The SMILES string of the molecule is CC(N)c1nc(N2CCCCC2)ns1.Cl. The minimum atomic E-state index is 0. The minimum Gasteiger partial charge on any atom is -0.340 e. The van der Waals surface area contributed by atoms with Gasteiger partial charge in [0.15, 0.2) is 0 Å². The predicted molar refractivity (Wildman–Crippen MR) is 65.8 cm³/mol. The molecule has 0 spiro atoms. The normalized spacial score (nSPS) is 18.4. The fourth-order valence-corrected chi connectivity index (χ4v) is 2.25. The number of aromatic nitrogens is 2. The Hall–Kier alpha value is -0.390. The van der Waals surface area contributed by atoms with Crippen molar-refractivity contribution in [2.75, 3.05) is 18.0 Å². The first-order valence-corrected chi connectivity index (χ1v) is 5.89. The summed E-state index contributed by atoms with van der Waals surface area (Å²) in [7, 11) is 0. The van der Waals surface area contributed by atoms with Gasteiger partial charge in [-0.25, -0.2) is 4.98 Å². The molecule has 1 atom stereocenters. The number of halogens is 1. The van der Waals surface area contributed by atoms with Crippen molar-refractivity contribution in [1.82, 2.24) is 9.36 Å². The number of hydrogen-bond donors (Lipinski definition) is 1. The van der Waals surface area contributed by atoms with E-state index in [1.807, 2.05) is 6.92 Å². The lowest BCUT2D eigenvalue weighted by Crippen LogP contribution is -2.30. The van der Waals surface area contributed by atoms with Gasteiger partial charge in [-0.15, -0.1) is 12.4 Å². The summed E-state index contributed by atoms with van der Waals surface area (Å²) in [5.41, 5.74) is 5.75. The van der Waals surface area contributed by atoms with Crippen LogP contribution in [0.5, 0.6) is 0 Å². The maximum absolute atomic E-state index is 5.75. The van der Waals surface area contributed by atoms with Gasteiger partial charge in [0.05, 0.1) is 6.04 Å². The van der Waals surface area contributed by atoms with E-state index in [4.69, 9.17) is 5.73 Å². The van der Waals surface area contributed by atoms with Crippen LogP contribution in [-0.4, -0.2) is 22.4 Å². The van der Waals surface area contributed by atoms with Gasteiger partial charge in [0, 0.05) is 13.1 Å². The van der Waals surface area contributed by atoms with Crippen LogP contribution in [0.1, 0.15) is 37.2 Å². The van der Waals surface area contributed by atoms with Gasteiger partial charge in [0.1, 0.15) is 5.01 Å². The molecular formula is C9H17ClN4S. The average Bonchev–Trinajstić information content (AvgIpc) is 2.68. The number of nitrogens with two attached hydrogens (primary N) is 1. The van der Waals surface area contributed by atoms with Gasteiger partial charge >= 0.3 is 0 Å². The summed E-state index contributed by atoms with van der Waals surface area (Å²) < 4.78 is 4.34. The number of nitrogens with zero attached hydrogens (tertiary/aromatic N) is 3. The van der Waals surface area contributed by atoms with Crippen molar-refractivity contribution in [3.63, 3.8) is 0 Å². The predicted octanol–water partition coefficient (Wildman–Crippen LogP) is 1.97. The Bertz CT molecular complexity index is 296. The molecule has 0 radical (unpaired) electrons. The Morgan fingerprint density at radius 1 is 1.33 bits per heavy atom. The Kier molecular flexibility index (Phi) is 4.76. The molecule has 0 saturated carbocycles. The zero-order valence-electron chi connectivity index (χ0n) is 8.85. The molecule has 2 rings (SSSR count). The van der Waals surface area contributed by atoms with Gasteiger partial charge in [0.25, 0.3) is 0 Å². The highest BCUT2D eigenvalue weighted by Crippen LogP contribution is 2.20. The monoisotopic (exact) mass is 248 g/mol. The minimum absolute atomic E-state index is 0. The van der Waals surface area contributed by atoms with E-state index >= 15 is 0 Å². The van der Waals surface area contributed by atoms with Crippen molar-refractivity contribution in [3.05, 3.63) is 5.01 Å². The largest absolute Gasteiger partial charge is 0.340 e. The van der Waals surface area contributed by atoms with Crippen molar-refractivity contribution in [1.29, 1.82) is 0 Å². The quantitative estimate of drug-likeness (QED) is 0.870. The van der Waals surface area contributed by atoms with E-state index in [-0.39, 0.29) is 18.4 Å². The molecule has 0 aromatic carbocycles. The van der Waals surface area contributed by atoms with E-state index < -0.39 is 0 Å². The van der Waals surface area contributed by atoms with Crippen LogP contribution < -0.4 is 10.6 Å². The molecule has 2 N–H and O–H groups in total. The highest BCUT2D eigenvalue weighted by atomic mass is 35.5. The van der Waals surface area contributed by atoms with Gasteiger partial charge in [-0.2, -0.15) is 4.37 Å². The molecule has 1 aliphatic heterocycles. The third kappa shape index (κ3) is 3.03. The lowest BCUT2D eigenvalue weighted by molar-refractivity contribution is 0.569. The van der Waals surface area contributed by atoms with Gasteiger partial charge in [-0.1, -0.05) is 0 Å². The smallest absolute Gasteiger partial charge is 0.237 e. The molecule has 86 valence electrons. The van der Waals surface area contributed by atoms with Crippen LogP contribution >= 0.6 is 23.9 Å². The van der Waals surface area contributed by atoms with Gasteiger partial charge in [0.2, 0.25) is 5.95 Å². The number of piperidine rings is 1. The fraction of sp³-hybridized carbons (Fsp3) is 0.778. The zero-order valence-corrected chi connectivity index (χ0v) is 10.5. The Morgan fingerprint density at radius 3 is 2.53 bits per heavy atom. The topological polar surface area (TPSA) is 55.0 Å². The third-order valence-electron chi connectivity index (χ3n) is 2.46. The molecule has 1 saturated heterocycles. The molecule has 15 heavy (non-hydrogen) atoms. The van der Waals surface area contributed by atoms with Crippen LogP contribution in [0.3, 0.4) is 0 Å². The lowest BCUT2D eigenvalue weighted by Gasteiger charge is -2.25. The van der Waals surface area contributed by atoms with Crippen molar-refractivity contribution >= 4 is 29.9 Å². The molecule has 1 fully saturated rings. The zero-order chi connectivity index (χ0) is 9.97. The highest BCUT2D eigenvalue weighted by molar-refractivity contribution is 7.05. The first-order valence-electron chi connectivity index (χ1n) is 5.11. The second-order valence-corrected chi connectivity index (χ2v) is 4.55. The van der Waals surface area contributed by atoms with Crippen molar-refractivity contribution in [3.8, 4) is 0 Å². The number of rotatable bonds is 2. The second-order valence-electron chi connectivity index (χ2n) is 3.77. The molecule has 0 bridgehead atoms. The van der Waals surface area contributed by atoms with Crippen LogP contribution in [0.25, 0.3) is 0 Å². The Balaban J connectivity index is 0.00000112. The van der Waals surface area contributed by atoms with Crippen molar-refractivity contribution in [2.24, 2.45) is 5.73 Å². The molecule has 1 unspecified atom stereocenters. The number of anilines is 1. The Labute approximate surface area is 100 Å². The lowest BCUT2D eigenvalue weighted by atomic mass is 10.1. The summed E-state index contributed by atoms with van der Waals surface area (Å²) in [5.74, 6) is 0.877. The summed E-state index contributed by atoms with van der Waals surface area (Å²) in [6.45, 7) is 4.13. The molecule has 0 amide bonds. The first-order chi connectivity index (χ1) is 6.77. The summed E-state index contributed by atoms with van der Waals surface area (Å²) in [6.07, 6.45) is 3.85. The molecular weight excluding hydrogens is 232 g/mol. The molecule has 4 nitrogen and oxygen atoms in total. The van der Waals surface area contributed by atoms with E-state index in [1.165, 1.54) is 30.8 Å². The molecule has 0 aliphatic carbocycles. The van der Waals surface area contributed by atoms with E-state index in [1.54, 1.807) is 0 Å². The maximum atomic E-state index is 5.75. The third-order valence-corrected chi connectivity index (χ3v) is 3.36. The fourth-order valence-electron chi connectivity index (χ4n) is 1.63. The van der Waals surface area contributed by atoms with Gasteiger partial charge in [-0.3, -0.25) is 0 Å². The van der Waals surface area contributed by atoms with Crippen LogP contribution in [0.4, 0.5) is 5.95 Å². The second kappa shape index (κ2) is 5.63. The van der Waals surface area contributed by atoms with Crippen molar-refractivity contribution in [2.45, 2.75) is 32.2 Å². The van der Waals surface area contributed by atoms with Crippen LogP contribution in [0.15, 0.2) is 0 Å². The Morgan fingerprint density at radius 2 is 2.00 bits per heavy atom. The molecule has 2 heterocycles. The summed E-state index contributed by atoms with van der Waals surface area (Å²) in [5, 5.41) is 0.936. The van der Waals surface area contributed by atoms with Crippen LogP contribution in [0.2, 0.25) is 0 Å². The van der Waals surface area contributed by atoms with Gasteiger partial charge < -0.3 is 10.6 Å². The van der Waals surface area contributed by atoms with E-state index in [9.17, 15) is 0 Å². The molecule has 1 aromatic rings. The highest BCUT2D eigenvalue weighted by Gasteiger charge is 2.16. The maximum Gasteiger partial charge on any atom is 0.237 e. The number of hydrogen-bond acceptors (Lipinski definition) is 5. The van der Waals surface area contributed by atoms with Crippen LogP contribution in [0, 0.1) is 0 Å². The standard InChI is InChI=1S/C9H16N4S.ClH/c1-7(10)8-11-9(12-14-8)13-5-3-2-4-6-13;/h7H,2-6,10H2,1H3;1H.